The van der Waals surface area contributed by atoms with Crippen LogP contribution in [0.1, 0.15) is 18.4 Å². The van der Waals surface area contributed by atoms with Crippen molar-refractivity contribution >= 4 is 34.9 Å². The van der Waals surface area contributed by atoms with Crippen molar-refractivity contribution in [1.29, 1.82) is 0 Å². The van der Waals surface area contributed by atoms with Gasteiger partial charge in [0.1, 0.15) is 18.3 Å². The number of nitrogens with two attached hydrogens (primary N) is 1. The number of carboxylic acid groups (broad SMARTS) is 1. The Hall–Kier alpha value is -3.64. The number of likely N-dealkylation sites (tertiary alicyclic amines) is 1. The van der Waals surface area contributed by atoms with Gasteiger partial charge in [0, 0.05) is 36.8 Å². The van der Waals surface area contributed by atoms with Crippen molar-refractivity contribution in [2.24, 2.45) is 27.7 Å². The first-order valence-corrected chi connectivity index (χ1v) is 12.9. The number of carboxylic acids is 1. The number of oxime groups is 1. The van der Waals surface area contributed by atoms with E-state index in [1.807, 2.05) is 0 Å². The molecular formula is C26H29ClFN5O6. The van der Waals surface area contributed by atoms with Crippen LogP contribution < -0.4 is 15.2 Å². The fraction of sp³-hybridized carbons (Fsp3) is 0.462. The Bertz CT molecular complexity index is 1310. The van der Waals surface area contributed by atoms with Gasteiger partial charge < -0.3 is 35.0 Å². The lowest BCUT2D eigenvalue weighted by Crippen LogP contribution is -2.49. The number of dihydropyridines is 1. The smallest absolute Gasteiger partial charge is 0.340 e. The zero-order valence-electron chi connectivity index (χ0n) is 21.5. The fourth-order valence-electron chi connectivity index (χ4n) is 5.07. The topological polar surface area (TPSA) is 139 Å². The number of amidine groups is 1. The number of fused-ring (bicyclic) bond motifs is 1. The maximum absolute atomic E-state index is 15.3. The third kappa shape index (κ3) is 5.06. The van der Waals surface area contributed by atoms with Crippen molar-refractivity contribution in [2.45, 2.75) is 31.7 Å². The van der Waals surface area contributed by atoms with Crippen LogP contribution in [0.3, 0.4) is 0 Å². The summed E-state index contributed by atoms with van der Waals surface area (Å²) in [5, 5.41) is 14.1. The molecule has 0 spiro atoms. The molecule has 3 unspecified atom stereocenters. The van der Waals surface area contributed by atoms with Gasteiger partial charge in [0.05, 0.1) is 37.4 Å². The van der Waals surface area contributed by atoms with Crippen LogP contribution in [0.5, 0.6) is 11.5 Å². The Morgan fingerprint density at radius 3 is 2.72 bits per heavy atom. The van der Waals surface area contributed by atoms with E-state index in [0.717, 1.165) is 12.8 Å². The van der Waals surface area contributed by atoms with Gasteiger partial charge >= 0.3 is 5.97 Å². The summed E-state index contributed by atoms with van der Waals surface area (Å²) < 4.78 is 25.9. The molecule has 0 bridgehead atoms. The van der Waals surface area contributed by atoms with Gasteiger partial charge in [-0.3, -0.25) is 4.79 Å². The van der Waals surface area contributed by atoms with Crippen LogP contribution in [-0.4, -0.2) is 84.3 Å². The molecule has 0 aromatic heterocycles. The van der Waals surface area contributed by atoms with Crippen LogP contribution in [0, 0.1) is 11.8 Å². The third-order valence-electron chi connectivity index (χ3n) is 7.28. The lowest BCUT2D eigenvalue weighted by molar-refractivity contribution is -0.136. The van der Waals surface area contributed by atoms with Crippen molar-refractivity contribution in [3.05, 3.63) is 46.4 Å². The molecule has 1 saturated heterocycles. The van der Waals surface area contributed by atoms with Crippen molar-refractivity contribution in [1.82, 2.24) is 9.80 Å². The molecule has 1 aromatic carbocycles. The summed E-state index contributed by atoms with van der Waals surface area (Å²) in [6.07, 6.45) is 3.55. The Labute approximate surface area is 229 Å². The minimum atomic E-state index is -1.33. The maximum atomic E-state index is 15.3. The van der Waals surface area contributed by atoms with Crippen LogP contribution in [0.4, 0.5) is 4.39 Å². The van der Waals surface area contributed by atoms with Crippen LogP contribution in [-0.2, 0) is 21.0 Å². The number of carbonyl (C=O) groups is 2. The molecule has 2 fully saturated rings. The first-order valence-electron chi connectivity index (χ1n) is 12.5. The number of benzene rings is 1. The summed E-state index contributed by atoms with van der Waals surface area (Å²) in [6.45, 7) is 0.918. The Morgan fingerprint density at radius 2 is 2.08 bits per heavy atom. The molecule has 1 saturated carbocycles. The monoisotopic (exact) mass is 561 g/mol. The molecule has 4 aliphatic rings. The Balaban J connectivity index is 1.34. The lowest BCUT2D eigenvalue weighted by atomic mass is 9.88. The van der Waals surface area contributed by atoms with E-state index in [1.54, 1.807) is 21.9 Å². The highest BCUT2D eigenvalue weighted by atomic mass is 35.5. The number of halogens is 2. The van der Waals surface area contributed by atoms with E-state index >= 15 is 4.39 Å². The van der Waals surface area contributed by atoms with E-state index in [-0.39, 0.29) is 43.1 Å². The van der Waals surface area contributed by atoms with Gasteiger partial charge in [-0.1, -0.05) is 22.8 Å². The van der Waals surface area contributed by atoms with Gasteiger partial charge in [0.2, 0.25) is 0 Å². The average Bonchev–Trinajstić information content (AvgIpc) is 3.68. The first kappa shape index (κ1) is 26.9. The summed E-state index contributed by atoms with van der Waals surface area (Å²) in [4.78, 5) is 38.1. The van der Waals surface area contributed by atoms with Gasteiger partial charge in [0.15, 0.2) is 28.9 Å². The van der Waals surface area contributed by atoms with E-state index in [4.69, 9.17) is 31.6 Å². The second kappa shape index (κ2) is 10.9. The molecule has 3 aliphatic heterocycles. The number of methoxy groups -OCH3 is 2. The first-order chi connectivity index (χ1) is 18.8. The quantitative estimate of drug-likeness (QED) is 0.361. The highest BCUT2D eigenvalue weighted by Crippen LogP contribution is 2.40. The largest absolute Gasteiger partial charge is 0.493 e. The van der Waals surface area contributed by atoms with Crippen LogP contribution >= 0.6 is 11.6 Å². The number of hydrogen-bond acceptors (Lipinski definition) is 10. The molecule has 3 heterocycles. The standard InChI is InChI=1S/C26H29ClFN5O6/c1-37-20-6-3-13(21(27)23(20)38-2)12-39-31-19-11-32(9-14(19)8-29)25-18(28)7-16-22(34)17(26(35)36)10-33(15-4-5-15)24(16)30-25/h3,6-7,10,14-16,24H,4-5,8-9,11-12,29H2,1-2H3,(H,35,36)/b31-19-. The van der Waals surface area contributed by atoms with Gasteiger partial charge in [-0.25, -0.2) is 14.2 Å². The zero-order valence-corrected chi connectivity index (χ0v) is 22.2. The highest BCUT2D eigenvalue weighted by molar-refractivity contribution is 6.33. The van der Waals surface area contributed by atoms with Crippen molar-refractivity contribution in [2.75, 3.05) is 33.9 Å². The molecule has 5 rings (SSSR count). The van der Waals surface area contributed by atoms with Crippen LogP contribution in [0.2, 0.25) is 5.02 Å². The molecule has 208 valence electrons. The minimum Gasteiger partial charge on any atom is -0.493 e. The number of aliphatic carboxylic acids is 1. The normalized spacial score (nSPS) is 25.7. The number of nitrogens with zero attached hydrogens (tertiary/aromatic N) is 4. The molecule has 3 atom stereocenters. The number of hydrogen-bond donors (Lipinski definition) is 2. The molecule has 0 radical (unpaired) electrons. The summed E-state index contributed by atoms with van der Waals surface area (Å²) >= 11 is 6.43. The summed E-state index contributed by atoms with van der Waals surface area (Å²) in [6, 6.07) is 3.54. The van der Waals surface area contributed by atoms with Gasteiger partial charge in [-0.2, -0.15) is 0 Å². The van der Waals surface area contributed by atoms with E-state index in [0.29, 0.717) is 34.3 Å². The van der Waals surface area contributed by atoms with E-state index in [2.05, 4.69) is 10.1 Å². The summed E-state index contributed by atoms with van der Waals surface area (Å²) in [5.41, 5.74) is 6.90. The number of aliphatic imine (C=N–C) groups is 1. The average molecular weight is 562 g/mol. The van der Waals surface area contributed by atoms with E-state index in [9.17, 15) is 14.7 Å². The molecule has 1 aromatic rings. The molecule has 1 aliphatic carbocycles. The zero-order chi connectivity index (χ0) is 27.8. The number of carbonyl (C=O) groups excluding carboxylic acids is 1. The van der Waals surface area contributed by atoms with E-state index < -0.39 is 29.7 Å². The SMILES string of the molecule is COc1ccc(CO/N=C2/CN(C3=NC4C(C=C3F)C(=O)C(C(=O)O)=CN4C3CC3)CC2CN)c(Cl)c1OC. The van der Waals surface area contributed by atoms with E-state index in [1.165, 1.54) is 26.5 Å². The van der Waals surface area contributed by atoms with Crippen molar-refractivity contribution in [3.8, 4) is 11.5 Å². The Kier molecular flexibility index (Phi) is 7.50. The predicted octanol–water partition coefficient (Wildman–Crippen LogP) is 2.34. The predicted molar refractivity (Wildman–Crippen MR) is 140 cm³/mol. The number of Topliss-reactive ketones (excluding diaryl/α,β-unsaturated/α-hetero) is 1. The molecule has 0 amide bonds. The summed E-state index contributed by atoms with van der Waals surface area (Å²) in [5.74, 6) is -2.88. The Morgan fingerprint density at radius 1 is 1.31 bits per heavy atom. The summed E-state index contributed by atoms with van der Waals surface area (Å²) in [7, 11) is 3.01. The second-order valence-corrected chi connectivity index (χ2v) is 10.1. The molecule has 3 N–H and O–H groups in total. The lowest BCUT2D eigenvalue weighted by Gasteiger charge is -2.39. The van der Waals surface area contributed by atoms with Crippen molar-refractivity contribution in [3.63, 3.8) is 0 Å². The van der Waals surface area contributed by atoms with Gasteiger partial charge in [-0.05, 0) is 25.0 Å². The molecule has 39 heavy (non-hydrogen) atoms. The molecule has 11 nitrogen and oxygen atoms in total. The van der Waals surface area contributed by atoms with Crippen LogP contribution in [0.25, 0.3) is 0 Å². The number of rotatable bonds is 8. The highest BCUT2D eigenvalue weighted by Gasteiger charge is 2.47. The molecule has 13 heteroatoms. The third-order valence-corrected chi connectivity index (χ3v) is 7.70. The minimum absolute atomic E-state index is 0.0651. The fourth-order valence-corrected chi connectivity index (χ4v) is 5.35. The van der Waals surface area contributed by atoms with Gasteiger partial charge in [-0.15, -0.1) is 0 Å². The maximum Gasteiger partial charge on any atom is 0.340 e. The second-order valence-electron chi connectivity index (χ2n) is 9.74. The molecular weight excluding hydrogens is 533 g/mol. The van der Waals surface area contributed by atoms with Crippen LogP contribution in [0.15, 0.2) is 46.0 Å². The number of ether oxygens (including phenoxy) is 2. The van der Waals surface area contributed by atoms with Gasteiger partial charge in [0.25, 0.3) is 0 Å². The number of ketones is 1. The van der Waals surface area contributed by atoms with Crippen molar-refractivity contribution < 1.29 is 33.4 Å².